The lowest BCUT2D eigenvalue weighted by atomic mass is 10.1. The van der Waals surface area contributed by atoms with Crippen LogP contribution in [-0.2, 0) is 0 Å². The van der Waals surface area contributed by atoms with Gasteiger partial charge in [-0.1, -0.05) is 23.2 Å². The van der Waals surface area contributed by atoms with Crippen LogP contribution in [-0.4, -0.2) is 0 Å². The standard InChI is InChI=1S/C12H6Cl2F5NS/c1-3(4-2-5(13)21-12(4)14)20-11-9(18)7(16)6(15)8(17)10(11)19/h2-3,20H,1H3. The minimum atomic E-state index is -2.21. The maximum atomic E-state index is 13.5. The smallest absolute Gasteiger partial charge is 0.200 e. The Bertz CT molecular complexity index is 674. The summed E-state index contributed by atoms with van der Waals surface area (Å²) in [7, 11) is 0. The number of hydrogen-bond donors (Lipinski definition) is 1. The number of thiophene rings is 1. The van der Waals surface area contributed by atoms with E-state index in [1.54, 1.807) is 0 Å². The highest BCUT2D eigenvalue weighted by atomic mass is 35.5. The van der Waals surface area contributed by atoms with E-state index in [1.807, 2.05) is 0 Å². The van der Waals surface area contributed by atoms with Gasteiger partial charge in [-0.3, -0.25) is 0 Å². The van der Waals surface area contributed by atoms with Gasteiger partial charge in [-0.25, -0.2) is 22.0 Å². The zero-order valence-electron chi connectivity index (χ0n) is 10.2. The molecule has 1 heterocycles. The Balaban J connectivity index is 2.42. The highest BCUT2D eigenvalue weighted by Gasteiger charge is 2.27. The largest absolute Gasteiger partial charge is 0.373 e. The molecule has 0 aliphatic rings. The lowest BCUT2D eigenvalue weighted by molar-refractivity contribution is 0.381. The lowest BCUT2D eigenvalue weighted by Gasteiger charge is -2.16. The van der Waals surface area contributed by atoms with Gasteiger partial charge in [0.2, 0.25) is 5.82 Å². The van der Waals surface area contributed by atoms with E-state index in [1.165, 1.54) is 13.0 Å². The number of halogens is 7. The van der Waals surface area contributed by atoms with Gasteiger partial charge in [0.25, 0.3) is 0 Å². The molecule has 0 amide bonds. The van der Waals surface area contributed by atoms with Crippen LogP contribution in [0.25, 0.3) is 0 Å². The second kappa shape index (κ2) is 5.98. The first kappa shape index (κ1) is 16.3. The van der Waals surface area contributed by atoms with Crippen LogP contribution in [0.4, 0.5) is 27.6 Å². The van der Waals surface area contributed by atoms with Gasteiger partial charge in [-0.15, -0.1) is 11.3 Å². The van der Waals surface area contributed by atoms with Crippen molar-refractivity contribution in [2.24, 2.45) is 0 Å². The van der Waals surface area contributed by atoms with Crippen molar-refractivity contribution in [3.8, 4) is 0 Å². The second-order valence-corrected chi connectivity index (χ2v) is 6.38. The monoisotopic (exact) mass is 361 g/mol. The average Bonchev–Trinajstić information content (AvgIpc) is 2.78. The van der Waals surface area contributed by atoms with Crippen LogP contribution in [0.1, 0.15) is 18.5 Å². The average molecular weight is 362 g/mol. The van der Waals surface area contributed by atoms with Crippen molar-refractivity contribution in [3.63, 3.8) is 0 Å². The first-order valence-corrected chi connectivity index (χ1v) is 7.04. The molecule has 0 saturated carbocycles. The van der Waals surface area contributed by atoms with Gasteiger partial charge in [0.05, 0.1) is 14.7 Å². The van der Waals surface area contributed by atoms with Crippen molar-refractivity contribution >= 4 is 40.2 Å². The third kappa shape index (κ3) is 2.95. The fourth-order valence-corrected chi connectivity index (χ4v) is 3.32. The van der Waals surface area contributed by atoms with E-state index in [0.717, 1.165) is 11.3 Å². The molecule has 0 aliphatic carbocycles. The molecule has 2 rings (SSSR count). The van der Waals surface area contributed by atoms with E-state index in [-0.39, 0.29) is 4.34 Å². The fourth-order valence-electron chi connectivity index (χ4n) is 1.67. The summed E-state index contributed by atoms with van der Waals surface area (Å²) in [5.74, 6) is -10.1. The summed E-state index contributed by atoms with van der Waals surface area (Å²) in [6, 6.07) is 0.632. The van der Waals surface area contributed by atoms with Gasteiger partial charge in [0.15, 0.2) is 23.3 Å². The molecule has 1 N–H and O–H groups in total. The number of nitrogens with one attached hydrogen (secondary N) is 1. The summed E-state index contributed by atoms with van der Waals surface area (Å²) >= 11 is 12.6. The Labute approximate surface area is 130 Å². The minimum absolute atomic E-state index is 0.254. The highest BCUT2D eigenvalue weighted by molar-refractivity contribution is 7.20. The quantitative estimate of drug-likeness (QED) is 0.406. The van der Waals surface area contributed by atoms with Crippen LogP contribution in [0.3, 0.4) is 0 Å². The number of benzene rings is 1. The Hall–Kier alpha value is -1.05. The highest BCUT2D eigenvalue weighted by Crippen LogP contribution is 2.37. The van der Waals surface area contributed by atoms with E-state index in [4.69, 9.17) is 23.2 Å². The van der Waals surface area contributed by atoms with Gasteiger partial charge in [-0.05, 0) is 13.0 Å². The summed E-state index contributed by atoms with van der Waals surface area (Å²) in [5.41, 5.74) is -0.729. The second-order valence-electron chi connectivity index (χ2n) is 4.09. The number of rotatable bonds is 3. The van der Waals surface area contributed by atoms with Crippen molar-refractivity contribution in [1.82, 2.24) is 0 Å². The lowest BCUT2D eigenvalue weighted by Crippen LogP contribution is -2.13. The minimum Gasteiger partial charge on any atom is -0.373 e. The fraction of sp³-hybridized carbons (Fsp3) is 0.167. The summed E-state index contributed by atoms with van der Waals surface area (Å²) < 4.78 is 66.8. The molecule has 1 nitrogen and oxygen atoms in total. The third-order valence-electron chi connectivity index (χ3n) is 2.72. The van der Waals surface area contributed by atoms with Gasteiger partial charge >= 0.3 is 0 Å². The third-order valence-corrected chi connectivity index (χ3v) is 4.24. The molecule has 2 aromatic rings. The molecule has 0 saturated heterocycles. The van der Waals surface area contributed by atoms with E-state index in [9.17, 15) is 22.0 Å². The van der Waals surface area contributed by atoms with Crippen molar-refractivity contribution in [2.75, 3.05) is 5.32 Å². The molecule has 0 bridgehead atoms. The normalized spacial score (nSPS) is 12.6. The van der Waals surface area contributed by atoms with Crippen LogP contribution in [0.15, 0.2) is 6.07 Å². The van der Waals surface area contributed by atoms with Crippen molar-refractivity contribution in [2.45, 2.75) is 13.0 Å². The molecule has 0 spiro atoms. The Morgan fingerprint density at radius 3 is 1.86 bits per heavy atom. The maximum absolute atomic E-state index is 13.5. The van der Waals surface area contributed by atoms with Crippen LogP contribution in [0.5, 0.6) is 0 Å². The summed E-state index contributed by atoms with van der Waals surface area (Å²) in [5, 5.41) is 2.22. The van der Waals surface area contributed by atoms with Gasteiger partial charge in [-0.2, -0.15) is 0 Å². The first-order valence-electron chi connectivity index (χ1n) is 5.46. The van der Waals surface area contributed by atoms with Crippen molar-refractivity contribution in [3.05, 3.63) is 49.4 Å². The molecule has 21 heavy (non-hydrogen) atoms. The Morgan fingerprint density at radius 1 is 0.952 bits per heavy atom. The first-order chi connectivity index (χ1) is 9.73. The molecule has 1 aromatic carbocycles. The Kier molecular flexibility index (Phi) is 4.65. The molecular formula is C12H6Cl2F5NS. The van der Waals surface area contributed by atoms with Crippen LogP contribution in [0.2, 0.25) is 8.67 Å². The van der Waals surface area contributed by atoms with E-state index in [0.29, 0.717) is 9.90 Å². The topological polar surface area (TPSA) is 12.0 Å². The summed E-state index contributed by atoms with van der Waals surface area (Å²) in [6.45, 7) is 1.45. The summed E-state index contributed by atoms with van der Waals surface area (Å²) in [4.78, 5) is 0. The molecule has 114 valence electrons. The maximum Gasteiger partial charge on any atom is 0.200 e. The molecule has 1 unspecified atom stereocenters. The predicted octanol–water partition coefficient (Wildman–Crippen LogP) is 5.92. The van der Waals surface area contributed by atoms with Gasteiger partial charge in [0, 0.05) is 5.56 Å². The van der Waals surface area contributed by atoms with E-state index >= 15 is 0 Å². The molecular weight excluding hydrogens is 356 g/mol. The molecule has 0 aliphatic heterocycles. The van der Waals surface area contributed by atoms with Crippen LogP contribution < -0.4 is 5.32 Å². The van der Waals surface area contributed by atoms with Gasteiger partial charge < -0.3 is 5.32 Å². The van der Waals surface area contributed by atoms with Gasteiger partial charge in [0.1, 0.15) is 5.69 Å². The SMILES string of the molecule is CC(Nc1c(F)c(F)c(F)c(F)c1F)c1cc(Cl)sc1Cl. The summed E-state index contributed by atoms with van der Waals surface area (Å²) in [6.07, 6.45) is 0. The molecule has 1 atom stereocenters. The van der Waals surface area contributed by atoms with E-state index < -0.39 is 40.8 Å². The number of hydrogen-bond acceptors (Lipinski definition) is 2. The zero-order chi connectivity index (χ0) is 15.9. The van der Waals surface area contributed by atoms with Crippen LogP contribution in [0, 0.1) is 29.1 Å². The zero-order valence-corrected chi connectivity index (χ0v) is 12.5. The molecule has 0 radical (unpaired) electrons. The molecule has 0 fully saturated rings. The molecule has 9 heteroatoms. The van der Waals surface area contributed by atoms with E-state index in [2.05, 4.69) is 5.32 Å². The van der Waals surface area contributed by atoms with Crippen molar-refractivity contribution < 1.29 is 22.0 Å². The predicted molar refractivity (Wildman–Crippen MR) is 72.6 cm³/mol. The molecule has 1 aromatic heterocycles. The number of anilines is 1. The Morgan fingerprint density at radius 2 is 1.43 bits per heavy atom. The van der Waals surface area contributed by atoms with Crippen molar-refractivity contribution in [1.29, 1.82) is 0 Å². The van der Waals surface area contributed by atoms with Crippen LogP contribution >= 0.6 is 34.5 Å².